The van der Waals surface area contributed by atoms with Crippen molar-refractivity contribution in [1.29, 1.82) is 0 Å². The normalized spacial score (nSPS) is 20.7. The number of amides is 1. The predicted molar refractivity (Wildman–Crippen MR) is 75.3 cm³/mol. The molecule has 1 amide bonds. The van der Waals surface area contributed by atoms with E-state index >= 15 is 0 Å². The Labute approximate surface area is 112 Å². The molecule has 1 atom stereocenters. The molecule has 4 nitrogen and oxygen atoms in total. The van der Waals surface area contributed by atoms with E-state index in [0.29, 0.717) is 6.54 Å². The standard InChI is InChI=1S/C13H27NO3Si/c1-13(2,3)18(4,5)16-9-7-6-8-11-10-14-12(15)17-11/h11H,6-10H2,1-5H3,(H,14,15)/t11-/m1/s1. The highest BCUT2D eigenvalue weighted by Crippen LogP contribution is 2.36. The molecule has 106 valence electrons. The lowest BCUT2D eigenvalue weighted by Crippen LogP contribution is -2.40. The van der Waals surface area contributed by atoms with Crippen LogP contribution in [0.25, 0.3) is 0 Å². The van der Waals surface area contributed by atoms with E-state index in [-0.39, 0.29) is 17.2 Å². The molecule has 1 fully saturated rings. The second-order valence-corrected chi connectivity index (χ2v) is 11.3. The molecule has 0 radical (unpaired) electrons. The summed E-state index contributed by atoms with van der Waals surface area (Å²) in [6.07, 6.45) is 2.80. The third kappa shape index (κ3) is 4.61. The molecule has 0 saturated carbocycles. The van der Waals surface area contributed by atoms with Gasteiger partial charge in [-0.25, -0.2) is 4.79 Å². The van der Waals surface area contributed by atoms with Crippen molar-refractivity contribution < 1.29 is 14.0 Å². The van der Waals surface area contributed by atoms with Crippen LogP contribution in [0.15, 0.2) is 0 Å². The van der Waals surface area contributed by atoms with Gasteiger partial charge >= 0.3 is 6.09 Å². The third-order valence-corrected chi connectivity index (χ3v) is 8.48. The number of nitrogens with one attached hydrogen (secondary N) is 1. The van der Waals surface area contributed by atoms with Crippen molar-refractivity contribution in [2.75, 3.05) is 13.2 Å². The molecule has 5 heteroatoms. The zero-order chi connectivity index (χ0) is 13.8. The highest BCUT2D eigenvalue weighted by molar-refractivity contribution is 6.74. The fraction of sp³-hybridized carbons (Fsp3) is 0.923. The Morgan fingerprint density at radius 1 is 1.39 bits per heavy atom. The van der Waals surface area contributed by atoms with Crippen LogP contribution >= 0.6 is 0 Å². The molecule has 1 saturated heterocycles. The fourth-order valence-corrected chi connectivity index (χ4v) is 2.70. The Kier molecular flexibility index (Phi) is 5.22. The summed E-state index contributed by atoms with van der Waals surface area (Å²) in [7, 11) is -1.60. The first-order valence-corrected chi connectivity index (χ1v) is 9.72. The topological polar surface area (TPSA) is 47.6 Å². The molecule has 0 aliphatic carbocycles. The summed E-state index contributed by atoms with van der Waals surface area (Å²) >= 11 is 0. The Hall–Kier alpha value is -0.553. The van der Waals surface area contributed by atoms with Crippen molar-refractivity contribution >= 4 is 14.4 Å². The molecule has 0 aromatic carbocycles. The Morgan fingerprint density at radius 3 is 2.56 bits per heavy atom. The third-order valence-electron chi connectivity index (χ3n) is 3.94. The number of rotatable bonds is 6. The largest absolute Gasteiger partial charge is 0.444 e. The van der Waals surface area contributed by atoms with Crippen LogP contribution in [-0.2, 0) is 9.16 Å². The Balaban J connectivity index is 2.10. The Bertz CT molecular complexity index is 286. The number of carbonyl (C=O) groups excluding carboxylic acids is 1. The molecule has 0 aromatic rings. The molecule has 0 bridgehead atoms. The van der Waals surface area contributed by atoms with Crippen LogP contribution in [0.2, 0.25) is 18.1 Å². The summed E-state index contributed by atoms with van der Waals surface area (Å²) < 4.78 is 11.2. The van der Waals surface area contributed by atoms with Gasteiger partial charge in [0.1, 0.15) is 6.10 Å². The molecule has 1 rings (SSSR count). The molecule has 0 spiro atoms. The number of hydrogen-bond donors (Lipinski definition) is 1. The summed E-state index contributed by atoms with van der Waals surface area (Å²) in [4.78, 5) is 10.8. The van der Waals surface area contributed by atoms with Crippen LogP contribution in [-0.4, -0.2) is 33.7 Å². The van der Waals surface area contributed by atoms with Gasteiger partial charge in [-0.05, 0) is 37.4 Å². The van der Waals surface area contributed by atoms with Crippen LogP contribution in [0.3, 0.4) is 0 Å². The summed E-state index contributed by atoms with van der Waals surface area (Å²) in [5.41, 5.74) is 0. The lowest BCUT2D eigenvalue weighted by Gasteiger charge is -2.36. The van der Waals surface area contributed by atoms with E-state index in [9.17, 15) is 4.79 Å². The van der Waals surface area contributed by atoms with Crippen molar-refractivity contribution in [3.05, 3.63) is 0 Å². The molecular weight excluding hydrogens is 246 g/mol. The number of alkyl carbamates (subject to hydrolysis) is 1. The number of ether oxygens (including phenoxy) is 1. The van der Waals surface area contributed by atoms with E-state index in [1.165, 1.54) is 0 Å². The van der Waals surface area contributed by atoms with Gasteiger partial charge in [0.25, 0.3) is 0 Å². The first-order valence-electron chi connectivity index (χ1n) is 6.81. The monoisotopic (exact) mass is 273 g/mol. The molecule has 0 aromatic heterocycles. The minimum atomic E-state index is -1.60. The van der Waals surface area contributed by atoms with Gasteiger partial charge in [0, 0.05) is 6.61 Å². The first-order chi connectivity index (χ1) is 8.22. The van der Waals surface area contributed by atoms with Crippen LogP contribution < -0.4 is 5.32 Å². The van der Waals surface area contributed by atoms with Gasteiger partial charge in [0.15, 0.2) is 8.32 Å². The zero-order valence-electron chi connectivity index (χ0n) is 12.3. The molecule has 1 N–H and O–H groups in total. The average molecular weight is 273 g/mol. The summed E-state index contributed by atoms with van der Waals surface area (Å²) in [6, 6.07) is 0. The van der Waals surface area contributed by atoms with E-state index in [4.69, 9.17) is 9.16 Å². The SMILES string of the molecule is CC(C)(C)[Si](C)(C)OCCCC[C@@H]1CNC(=O)O1. The van der Waals surface area contributed by atoms with Crippen LogP contribution in [0.1, 0.15) is 40.0 Å². The lowest BCUT2D eigenvalue weighted by atomic mass is 10.1. The van der Waals surface area contributed by atoms with Gasteiger partial charge in [-0.15, -0.1) is 0 Å². The zero-order valence-corrected chi connectivity index (χ0v) is 13.3. The molecule has 1 heterocycles. The lowest BCUT2D eigenvalue weighted by molar-refractivity contribution is 0.133. The van der Waals surface area contributed by atoms with Crippen molar-refractivity contribution in [2.45, 2.75) is 64.3 Å². The smallest absolute Gasteiger partial charge is 0.407 e. The predicted octanol–water partition coefficient (Wildman–Crippen LogP) is 3.29. The van der Waals surface area contributed by atoms with E-state index in [2.05, 4.69) is 39.2 Å². The summed E-state index contributed by atoms with van der Waals surface area (Å²) in [5.74, 6) is 0. The molecule has 18 heavy (non-hydrogen) atoms. The Morgan fingerprint density at radius 2 is 2.06 bits per heavy atom. The van der Waals surface area contributed by atoms with Gasteiger partial charge in [-0.3, -0.25) is 0 Å². The van der Waals surface area contributed by atoms with Gasteiger partial charge in [0.2, 0.25) is 0 Å². The maximum Gasteiger partial charge on any atom is 0.407 e. The highest BCUT2D eigenvalue weighted by atomic mass is 28.4. The van der Waals surface area contributed by atoms with Crippen molar-refractivity contribution in [3.63, 3.8) is 0 Å². The minimum absolute atomic E-state index is 0.0605. The van der Waals surface area contributed by atoms with Gasteiger partial charge < -0.3 is 14.5 Å². The molecular formula is C13H27NO3Si. The summed E-state index contributed by atoms with van der Waals surface area (Å²) in [6.45, 7) is 12.8. The van der Waals surface area contributed by atoms with E-state index in [1.807, 2.05) is 0 Å². The van der Waals surface area contributed by atoms with Crippen LogP contribution in [0.4, 0.5) is 4.79 Å². The number of unbranched alkanes of at least 4 members (excludes halogenated alkanes) is 1. The van der Waals surface area contributed by atoms with Crippen molar-refractivity contribution in [2.24, 2.45) is 0 Å². The van der Waals surface area contributed by atoms with E-state index < -0.39 is 8.32 Å². The maximum atomic E-state index is 10.8. The number of carbonyl (C=O) groups is 1. The van der Waals surface area contributed by atoms with Gasteiger partial charge in [0.05, 0.1) is 6.54 Å². The number of hydrogen-bond acceptors (Lipinski definition) is 3. The fourth-order valence-electron chi connectivity index (χ4n) is 1.61. The minimum Gasteiger partial charge on any atom is -0.444 e. The first kappa shape index (κ1) is 15.5. The second kappa shape index (κ2) is 6.06. The van der Waals surface area contributed by atoms with Gasteiger partial charge in [-0.1, -0.05) is 20.8 Å². The van der Waals surface area contributed by atoms with Gasteiger partial charge in [-0.2, -0.15) is 0 Å². The van der Waals surface area contributed by atoms with Crippen molar-refractivity contribution in [3.8, 4) is 0 Å². The van der Waals surface area contributed by atoms with Crippen molar-refractivity contribution in [1.82, 2.24) is 5.32 Å². The quantitative estimate of drug-likeness (QED) is 0.597. The van der Waals surface area contributed by atoms with E-state index in [1.54, 1.807) is 0 Å². The molecule has 1 aliphatic heterocycles. The van der Waals surface area contributed by atoms with Crippen LogP contribution in [0.5, 0.6) is 0 Å². The summed E-state index contributed by atoms with van der Waals surface area (Å²) in [5, 5.41) is 2.94. The molecule has 1 aliphatic rings. The average Bonchev–Trinajstić information content (AvgIpc) is 2.62. The van der Waals surface area contributed by atoms with Crippen LogP contribution in [0, 0.1) is 0 Å². The molecule has 0 unspecified atom stereocenters. The maximum absolute atomic E-state index is 10.8. The van der Waals surface area contributed by atoms with E-state index in [0.717, 1.165) is 25.9 Å². The second-order valence-electron chi connectivity index (χ2n) is 6.51. The number of cyclic esters (lactones) is 1. The highest BCUT2D eigenvalue weighted by Gasteiger charge is 2.36.